The Morgan fingerprint density at radius 2 is 2.12 bits per heavy atom. The van der Waals surface area contributed by atoms with E-state index in [1.807, 2.05) is 0 Å². The summed E-state index contributed by atoms with van der Waals surface area (Å²) in [5.74, 6) is 0.194. The van der Waals surface area contributed by atoms with Crippen LogP contribution in [0.1, 0.15) is 16.2 Å². The number of benzene rings is 1. The molecule has 7 heteroatoms. The highest BCUT2D eigenvalue weighted by molar-refractivity contribution is 5.87. The second-order valence-corrected chi connectivity index (χ2v) is 3.34. The number of ether oxygens (including phenoxy) is 1. The molecular formula is C10H10N4O3. The molecule has 1 aromatic carbocycles. The van der Waals surface area contributed by atoms with Crippen molar-refractivity contribution in [2.75, 3.05) is 0 Å². The number of carboxylic acid groups (broad SMARTS) is 1. The molecule has 7 nitrogen and oxygen atoms in total. The highest BCUT2D eigenvalue weighted by Gasteiger charge is 2.05. The molecule has 0 saturated carbocycles. The van der Waals surface area contributed by atoms with E-state index in [1.165, 1.54) is 16.8 Å². The van der Waals surface area contributed by atoms with Crippen LogP contribution in [-0.4, -0.2) is 31.3 Å². The lowest BCUT2D eigenvalue weighted by Crippen LogP contribution is -2.04. The molecule has 0 spiro atoms. The number of hydrogen-bond donors (Lipinski definition) is 1. The van der Waals surface area contributed by atoms with Gasteiger partial charge < -0.3 is 9.84 Å². The van der Waals surface area contributed by atoms with Gasteiger partial charge in [-0.3, -0.25) is 0 Å². The standard InChI is InChI=1S/C10H10N4O3/c1-14-9(11-12-13-14)6-17-8-4-2-7(3-5-8)10(15)16/h2-5H,6H2,1H3,(H,15,16). The van der Waals surface area contributed by atoms with E-state index >= 15 is 0 Å². The number of carboxylic acids is 1. The van der Waals surface area contributed by atoms with E-state index in [4.69, 9.17) is 9.84 Å². The Bertz CT molecular complexity index is 521. The summed E-state index contributed by atoms with van der Waals surface area (Å²) in [6.45, 7) is 0.232. The van der Waals surface area contributed by atoms with Crippen LogP contribution in [-0.2, 0) is 13.7 Å². The van der Waals surface area contributed by atoms with E-state index in [-0.39, 0.29) is 12.2 Å². The zero-order chi connectivity index (χ0) is 12.3. The number of nitrogens with zero attached hydrogens (tertiary/aromatic N) is 4. The van der Waals surface area contributed by atoms with Crippen LogP contribution in [0.5, 0.6) is 5.75 Å². The second-order valence-electron chi connectivity index (χ2n) is 3.34. The molecule has 0 radical (unpaired) electrons. The van der Waals surface area contributed by atoms with Gasteiger partial charge in [0, 0.05) is 7.05 Å². The minimum absolute atomic E-state index is 0.220. The highest BCUT2D eigenvalue weighted by Crippen LogP contribution is 2.13. The van der Waals surface area contributed by atoms with Gasteiger partial charge in [-0.1, -0.05) is 0 Å². The van der Waals surface area contributed by atoms with Gasteiger partial charge in [0.05, 0.1) is 5.56 Å². The predicted octanol–water partition coefficient (Wildman–Crippen LogP) is 0.487. The third-order valence-electron chi connectivity index (χ3n) is 2.18. The van der Waals surface area contributed by atoms with Gasteiger partial charge in [0.15, 0.2) is 5.82 Å². The van der Waals surface area contributed by atoms with Crippen molar-refractivity contribution < 1.29 is 14.6 Å². The third kappa shape index (κ3) is 2.57. The van der Waals surface area contributed by atoms with Crippen molar-refractivity contribution in [1.82, 2.24) is 20.2 Å². The molecular weight excluding hydrogens is 224 g/mol. The maximum atomic E-state index is 10.6. The van der Waals surface area contributed by atoms with Gasteiger partial charge in [-0.05, 0) is 34.7 Å². The zero-order valence-corrected chi connectivity index (χ0v) is 9.07. The number of aromatic nitrogens is 4. The van der Waals surface area contributed by atoms with Crippen molar-refractivity contribution in [3.63, 3.8) is 0 Å². The molecule has 0 saturated heterocycles. The second kappa shape index (κ2) is 4.60. The van der Waals surface area contributed by atoms with Crippen LogP contribution >= 0.6 is 0 Å². The molecule has 0 unspecified atom stereocenters. The van der Waals surface area contributed by atoms with Crippen LogP contribution in [0, 0.1) is 0 Å². The summed E-state index contributed by atoms with van der Waals surface area (Å²) in [6, 6.07) is 6.14. The summed E-state index contributed by atoms with van der Waals surface area (Å²) < 4.78 is 6.92. The van der Waals surface area contributed by atoms with Crippen molar-refractivity contribution >= 4 is 5.97 Å². The zero-order valence-electron chi connectivity index (χ0n) is 9.07. The first-order valence-electron chi connectivity index (χ1n) is 4.84. The molecule has 2 rings (SSSR count). The number of aryl methyl sites for hydroxylation is 1. The van der Waals surface area contributed by atoms with Gasteiger partial charge in [-0.15, -0.1) is 5.10 Å². The molecule has 0 atom stereocenters. The van der Waals surface area contributed by atoms with Crippen molar-refractivity contribution in [3.05, 3.63) is 35.7 Å². The van der Waals surface area contributed by atoms with E-state index < -0.39 is 5.97 Å². The monoisotopic (exact) mass is 234 g/mol. The van der Waals surface area contributed by atoms with Gasteiger partial charge in [0.2, 0.25) is 0 Å². The molecule has 0 bridgehead atoms. The number of aromatic carboxylic acids is 1. The number of rotatable bonds is 4. The maximum absolute atomic E-state index is 10.6. The normalized spacial score (nSPS) is 10.2. The smallest absolute Gasteiger partial charge is 0.335 e. The van der Waals surface area contributed by atoms with Gasteiger partial charge in [0.1, 0.15) is 12.4 Å². The van der Waals surface area contributed by atoms with E-state index in [2.05, 4.69) is 15.5 Å². The minimum Gasteiger partial charge on any atom is -0.486 e. The molecule has 88 valence electrons. The summed E-state index contributed by atoms with van der Waals surface area (Å²) in [6.07, 6.45) is 0. The number of hydrogen-bond acceptors (Lipinski definition) is 5. The molecule has 1 N–H and O–H groups in total. The summed E-state index contributed by atoms with van der Waals surface area (Å²) >= 11 is 0. The van der Waals surface area contributed by atoms with E-state index in [0.29, 0.717) is 11.6 Å². The number of tetrazole rings is 1. The average Bonchev–Trinajstić information content (AvgIpc) is 2.73. The third-order valence-corrected chi connectivity index (χ3v) is 2.18. The lowest BCUT2D eigenvalue weighted by Gasteiger charge is -2.04. The van der Waals surface area contributed by atoms with Crippen LogP contribution in [0.4, 0.5) is 0 Å². The Kier molecular flexibility index (Phi) is 2.99. The van der Waals surface area contributed by atoms with Crippen LogP contribution in [0.15, 0.2) is 24.3 Å². The van der Waals surface area contributed by atoms with Crippen LogP contribution in [0.2, 0.25) is 0 Å². The summed E-state index contributed by atoms with van der Waals surface area (Å²) in [4.78, 5) is 10.6. The molecule has 0 aliphatic carbocycles. The van der Waals surface area contributed by atoms with Crippen molar-refractivity contribution in [1.29, 1.82) is 0 Å². The Labute approximate surface area is 96.6 Å². The summed E-state index contributed by atoms with van der Waals surface area (Å²) in [5, 5.41) is 19.6. The number of carbonyl (C=O) groups is 1. The SMILES string of the molecule is Cn1nnnc1COc1ccc(C(=O)O)cc1. The first kappa shape index (κ1) is 11.1. The summed E-state index contributed by atoms with van der Waals surface area (Å²) in [5.41, 5.74) is 0.220. The molecule has 2 aromatic rings. The Morgan fingerprint density at radius 1 is 1.41 bits per heavy atom. The predicted molar refractivity (Wildman–Crippen MR) is 56.5 cm³/mol. The Hall–Kier alpha value is -2.44. The van der Waals surface area contributed by atoms with Gasteiger partial charge in [-0.25, -0.2) is 9.48 Å². The fourth-order valence-electron chi connectivity index (χ4n) is 1.21. The molecule has 0 aliphatic rings. The molecule has 0 fully saturated rings. The molecule has 0 amide bonds. The van der Waals surface area contributed by atoms with Gasteiger partial charge in [-0.2, -0.15) is 0 Å². The van der Waals surface area contributed by atoms with Crippen molar-refractivity contribution in [2.24, 2.45) is 7.05 Å². The summed E-state index contributed by atoms with van der Waals surface area (Å²) in [7, 11) is 1.71. The van der Waals surface area contributed by atoms with Crippen molar-refractivity contribution in [3.8, 4) is 5.75 Å². The highest BCUT2D eigenvalue weighted by atomic mass is 16.5. The molecule has 1 aromatic heterocycles. The topological polar surface area (TPSA) is 90.1 Å². The first-order valence-corrected chi connectivity index (χ1v) is 4.84. The van der Waals surface area contributed by atoms with E-state index in [0.717, 1.165) is 0 Å². The largest absolute Gasteiger partial charge is 0.486 e. The van der Waals surface area contributed by atoms with Crippen LogP contribution < -0.4 is 4.74 Å². The maximum Gasteiger partial charge on any atom is 0.335 e. The quantitative estimate of drug-likeness (QED) is 0.827. The molecule has 1 heterocycles. The fourth-order valence-corrected chi connectivity index (χ4v) is 1.21. The Balaban J connectivity index is 2.00. The minimum atomic E-state index is -0.964. The van der Waals surface area contributed by atoms with Crippen LogP contribution in [0.25, 0.3) is 0 Å². The molecule has 0 aliphatic heterocycles. The molecule has 17 heavy (non-hydrogen) atoms. The first-order chi connectivity index (χ1) is 8.16. The average molecular weight is 234 g/mol. The van der Waals surface area contributed by atoms with Gasteiger partial charge in [0.25, 0.3) is 0 Å². The van der Waals surface area contributed by atoms with Gasteiger partial charge >= 0.3 is 5.97 Å². The van der Waals surface area contributed by atoms with E-state index in [9.17, 15) is 4.79 Å². The van der Waals surface area contributed by atoms with Crippen molar-refractivity contribution in [2.45, 2.75) is 6.61 Å². The Morgan fingerprint density at radius 3 is 2.65 bits per heavy atom. The fraction of sp³-hybridized carbons (Fsp3) is 0.200. The van der Waals surface area contributed by atoms with E-state index in [1.54, 1.807) is 19.2 Å². The van der Waals surface area contributed by atoms with Crippen LogP contribution in [0.3, 0.4) is 0 Å². The lowest BCUT2D eigenvalue weighted by atomic mass is 10.2. The lowest BCUT2D eigenvalue weighted by molar-refractivity contribution is 0.0697.